The van der Waals surface area contributed by atoms with Gasteiger partial charge in [0.2, 0.25) is 11.8 Å². The van der Waals surface area contributed by atoms with Crippen LogP contribution in [0.5, 0.6) is 5.75 Å². The molecule has 0 aromatic heterocycles. The van der Waals surface area contributed by atoms with Crippen molar-refractivity contribution in [2.24, 2.45) is 5.92 Å². The highest BCUT2D eigenvalue weighted by Crippen LogP contribution is 2.37. The molecule has 200 valence electrons. The van der Waals surface area contributed by atoms with Gasteiger partial charge >= 0.3 is 6.09 Å². The monoisotopic (exact) mass is 501 g/mol. The van der Waals surface area contributed by atoms with Crippen LogP contribution in [0.4, 0.5) is 4.79 Å². The summed E-state index contributed by atoms with van der Waals surface area (Å²) in [7, 11) is 0. The summed E-state index contributed by atoms with van der Waals surface area (Å²) in [5.74, 6) is -0.375. The Balaban J connectivity index is 1.92. The van der Waals surface area contributed by atoms with Crippen molar-refractivity contribution in [1.82, 2.24) is 15.5 Å². The van der Waals surface area contributed by atoms with Gasteiger partial charge in [-0.15, -0.1) is 0 Å². The Morgan fingerprint density at radius 3 is 2.31 bits per heavy atom. The lowest BCUT2D eigenvalue weighted by Gasteiger charge is -2.36. The summed E-state index contributed by atoms with van der Waals surface area (Å²) in [6.07, 6.45) is 6.50. The fraction of sp³-hybridized carbons (Fsp3) is 0.679. The summed E-state index contributed by atoms with van der Waals surface area (Å²) in [5.41, 5.74) is -0.139. The van der Waals surface area contributed by atoms with Gasteiger partial charge in [0.25, 0.3) is 0 Å². The van der Waals surface area contributed by atoms with Gasteiger partial charge in [0.05, 0.1) is 0 Å². The fourth-order valence-corrected chi connectivity index (χ4v) is 4.85. The van der Waals surface area contributed by atoms with Crippen LogP contribution in [0.15, 0.2) is 24.3 Å². The zero-order valence-corrected chi connectivity index (χ0v) is 22.4. The van der Waals surface area contributed by atoms with Gasteiger partial charge in [0.1, 0.15) is 23.4 Å². The molecule has 3 amide bonds. The number of benzene rings is 1. The molecule has 0 bridgehead atoms. The molecule has 2 fully saturated rings. The number of phenols is 1. The van der Waals surface area contributed by atoms with Crippen molar-refractivity contribution in [3.05, 3.63) is 29.8 Å². The van der Waals surface area contributed by atoms with Gasteiger partial charge < -0.3 is 25.4 Å². The van der Waals surface area contributed by atoms with Crippen molar-refractivity contribution in [3.8, 4) is 5.75 Å². The van der Waals surface area contributed by atoms with E-state index >= 15 is 0 Å². The second kappa shape index (κ2) is 12.0. The van der Waals surface area contributed by atoms with E-state index in [-0.39, 0.29) is 35.6 Å². The largest absolute Gasteiger partial charge is 0.508 e. The number of carbonyl (C=O) groups is 3. The lowest BCUT2D eigenvalue weighted by molar-refractivity contribution is -0.143. The summed E-state index contributed by atoms with van der Waals surface area (Å²) < 4.78 is 5.43. The van der Waals surface area contributed by atoms with Crippen LogP contribution in [-0.2, 0) is 14.3 Å². The van der Waals surface area contributed by atoms with E-state index in [0.29, 0.717) is 12.0 Å². The lowest BCUT2D eigenvalue weighted by Crippen LogP contribution is -2.54. The van der Waals surface area contributed by atoms with Gasteiger partial charge in [-0.1, -0.05) is 45.2 Å². The molecule has 0 aliphatic heterocycles. The molecular weight excluding hydrogens is 458 g/mol. The molecule has 3 N–H and O–H groups in total. The number of hydrogen-bond acceptors (Lipinski definition) is 5. The number of phenolic OH excluding ortho intramolecular Hbond substituents is 1. The minimum absolute atomic E-state index is 0.0387. The van der Waals surface area contributed by atoms with E-state index in [1.807, 2.05) is 13.8 Å². The number of aromatic hydroxyl groups is 1. The van der Waals surface area contributed by atoms with Crippen molar-refractivity contribution < 1.29 is 24.2 Å². The maximum Gasteiger partial charge on any atom is 0.408 e. The quantitative estimate of drug-likeness (QED) is 0.450. The first-order valence-corrected chi connectivity index (χ1v) is 13.4. The van der Waals surface area contributed by atoms with E-state index in [1.54, 1.807) is 49.9 Å². The molecule has 2 aliphatic rings. The van der Waals surface area contributed by atoms with Crippen molar-refractivity contribution >= 4 is 17.9 Å². The van der Waals surface area contributed by atoms with Crippen molar-refractivity contribution in [2.45, 2.75) is 116 Å². The van der Waals surface area contributed by atoms with Gasteiger partial charge in [-0.2, -0.15) is 0 Å². The van der Waals surface area contributed by atoms with Gasteiger partial charge in [0, 0.05) is 12.1 Å². The van der Waals surface area contributed by atoms with Crippen LogP contribution in [0.1, 0.15) is 97.6 Å². The molecule has 3 rings (SSSR count). The Hall–Kier alpha value is -2.77. The highest BCUT2D eigenvalue weighted by molar-refractivity contribution is 5.92. The first kappa shape index (κ1) is 27.8. The summed E-state index contributed by atoms with van der Waals surface area (Å²) in [4.78, 5) is 42.1. The third-order valence-electron chi connectivity index (χ3n) is 6.55. The first-order chi connectivity index (χ1) is 16.9. The molecule has 2 unspecified atom stereocenters. The average Bonchev–Trinajstić information content (AvgIpc) is 3.60. The Labute approximate surface area is 215 Å². The molecule has 8 nitrogen and oxygen atoms in total. The summed E-state index contributed by atoms with van der Waals surface area (Å²) in [5, 5.41) is 16.1. The standard InChI is InChI=1S/C28H43N3O5/c1-18(2)16-23(30-27(35)36-28(3,4)5)26(34)31(21-14-15-21)24(19-10-9-13-22(32)17-19)25(33)29-20-11-7-6-8-12-20/h9-10,13,17-18,20-21,23-24,32H,6-8,11-12,14-16H2,1-5H3,(H,29,33)(H,30,35). The van der Waals surface area contributed by atoms with Crippen LogP contribution < -0.4 is 10.6 Å². The predicted octanol–water partition coefficient (Wildman–Crippen LogP) is 4.81. The second-order valence-electron chi connectivity index (χ2n) is 11.6. The van der Waals surface area contributed by atoms with E-state index < -0.39 is 23.8 Å². The third kappa shape index (κ3) is 8.14. The molecule has 0 spiro atoms. The van der Waals surface area contributed by atoms with Gasteiger partial charge in [-0.3, -0.25) is 9.59 Å². The Morgan fingerprint density at radius 1 is 1.08 bits per heavy atom. The van der Waals surface area contributed by atoms with Crippen LogP contribution in [0.25, 0.3) is 0 Å². The van der Waals surface area contributed by atoms with Crippen LogP contribution in [0.3, 0.4) is 0 Å². The number of rotatable bonds is 9. The lowest BCUT2D eigenvalue weighted by atomic mass is 9.94. The van der Waals surface area contributed by atoms with Gasteiger partial charge in [0.15, 0.2) is 0 Å². The van der Waals surface area contributed by atoms with E-state index in [0.717, 1.165) is 38.5 Å². The number of ether oxygens (including phenoxy) is 1. The molecule has 36 heavy (non-hydrogen) atoms. The van der Waals surface area contributed by atoms with Crippen LogP contribution in [-0.4, -0.2) is 51.6 Å². The SMILES string of the molecule is CC(C)CC(NC(=O)OC(C)(C)C)C(=O)N(C1CC1)C(C(=O)NC1CCCCC1)c1cccc(O)c1. The van der Waals surface area contributed by atoms with Gasteiger partial charge in [-0.05, 0) is 76.5 Å². The molecule has 8 heteroatoms. The van der Waals surface area contributed by atoms with Crippen LogP contribution in [0, 0.1) is 5.92 Å². The first-order valence-electron chi connectivity index (χ1n) is 13.4. The number of alkyl carbamates (subject to hydrolysis) is 1. The highest BCUT2D eigenvalue weighted by Gasteiger charge is 2.44. The van der Waals surface area contributed by atoms with Crippen molar-refractivity contribution in [1.29, 1.82) is 0 Å². The van der Waals surface area contributed by atoms with Crippen LogP contribution >= 0.6 is 0 Å². The fourth-order valence-electron chi connectivity index (χ4n) is 4.85. The Bertz CT molecular complexity index is 916. The minimum Gasteiger partial charge on any atom is -0.508 e. The number of hydrogen-bond donors (Lipinski definition) is 3. The highest BCUT2D eigenvalue weighted by atomic mass is 16.6. The molecule has 0 heterocycles. The van der Waals surface area contributed by atoms with E-state index in [9.17, 15) is 19.5 Å². The van der Waals surface area contributed by atoms with Crippen molar-refractivity contribution in [3.63, 3.8) is 0 Å². The average molecular weight is 502 g/mol. The topological polar surface area (TPSA) is 108 Å². The molecular formula is C28H43N3O5. The summed E-state index contributed by atoms with van der Waals surface area (Å²) in [6.45, 7) is 9.30. The molecule has 1 aromatic rings. The normalized spacial score (nSPS) is 18.3. The number of nitrogens with zero attached hydrogens (tertiary/aromatic N) is 1. The van der Waals surface area contributed by atoms with E-state index in [4.69, 9.17) is 4.74 Å². The molecule has 0 saturated heterocycles. The molecule has 2 aliphatic carbocycles. The number of carbonyl (C=O) groups excluding carboxylic acids is 3. The predicted molar refractivity (Wildman–Crippen MR) is 138 cm³/mol. The Morgan fingerprint density at radius 2 is 1.75 bits per heavy atom. The van der Waals surface area contributed by atoms with E-state index in [1.165, 1.54) is 6.42 Å². The minimum atomic E-state index is -0.894. The second-order valence-corrected chi connectivity index (χ2v) is 11.6. The summed E-state index contributed by atoms with van der Waals surface area (Å²) >= 11 is 0. The van der Waals surface area contributed by atoms with E-state index in [2.05, 4.69) is 10.6 Å². The number of nitrogens with one attached hydrogen (secondary N) is 2. The summed E-state index contributed by atoms with van der Waals surface area (Å²) in [6, 6.07) is 4.81. The maximum atomic E-state index is 14.1. The number of amides is 3. The zero-order valence-electron chi connectivity index (χ0n) is 22.4. The smallest absolute Gasteiger partial charge is 0.408 e. The van der Waals surface area contributed by atoms with Crippen LogP contribution in [0.2, 0.25) is 0 Å². The van der Waals surface area contributed by atoms with Crippen molar-refractivity contribution in [2.75, 3.05) is 0 Å². The molecule has 2 atom stereocenters. The zero-order chi connectivity index (χ0) is 26.5. The molecule has 0 radical (unpaired) electrons. The third-order valence-corrected chi connectivity index (χ3v) is 6.55. The molecule has 1 aromatic carbocycles. The molecule has 2 saturated carbocycles. The Kier molecular flexibility index (Phi) is 9.25. The maximum absolute atomic E-state index is 14.1. The van der Waals surface area contributed by atoms with Gasteiger partial charge in [-0.25, -0.2) is 4.79 Å².